The smallest absolute Gasteiger partial charge is 0.459 e. The molecule has 0 radical (unpaired) electrons. The second kappa shape index (κ2) is 12.4. The number of nitrogen functional groups attached to an aromatic ring is 1. The molecular weight excluding hydrogens is 624 g/mol. The Morgan fingerprint density at radius 3 is 2.64 bits per heavy atom. The Morgan fingerprint density at radius 1 is 1.24 bits per heavy atom. The maximum Gasteiger partial charge on any atom is 0.459 e. The quantitative estimate of drug-likeness (QED) is 0.137. The molecule has 3 heterocycles. The van der Waals surface area contributed by atoms with Crippen LogP contribution in [0.15, 0.2) is 53.6 Å². The number of hydrogen-bond donors (Lipinski definition) is 4. The number of aliphatic hydroxyl groups excluding tert-OH is 1. The van der Waals surface area contributed by atoms with Gasteiger partial charge in [-0.1, -0.05) is 30.3 Å². The molecule has 1 aliphatic heterocycles. The number of ether oxygens (including phenoxy) is 2. The second-order valence-corrected chi connectivity index (χ2v) is 12.3. The number of halogens is 3. The third-order valence-corrected chi connectivity index (χ3v) is 8.60. The molecule has 18 heteroatoms. The van der Waals surface area contributed by atoms with Crippen LogP contribution in [0.3, 0.4) is 0 Å². The monoisotopic (exact) mass is 654 g/mol. The van der Waals surface area contributed by atoms with Crippen molar-refractivity contribution >= 4 is 41.6 Å². The van der Waals surface area contributed by atoms with E-state index < -0.39 is 68.6 Å². The number of nitrogens with one attached hydrogen (secondary N) is 2. The van der Waals surface area contributed by atoms with E-state index in [9.17, 15) is 28.0 Å². The summed E-state index contributed by atoms with van der Waals surface area (Å²) in [6.07, 6.45) is -10.3. The van der Waals surface area contributed by atoms with Gasteiger partial charge in [-0.05, 0) is 43.7 Å². The van der Waals surface area contributed by atoms with Gasteiger partial charge in [-0.15, -0.1) is 0 Å². The number of aromatic amines is 1. The zero-order valence-electron chi connectivity index (χ0n) is 24.1. The third-order valence-electron chi connectivity index (χ3n) is 6.97. The number of esters is 1. The number of H-pyrrole nitrogens is 1. The van der Waals surface area contributed by atoms with E-state index >= 15 is 4.39 Å². The number of hydrogen-bond acceptors (Lipinski definition) is 11. The summed E-state index contributed by atoms with van der Waals surface area (Å²) in [7, 11) is -4.78. The first-order valence-corrected chi connectivity index (χ1v) is 15.2. The summed E-state index contributed by atoms with van der Waals surface area (Å²) in [6.45, 7) is 3.08. The van der Waals surface area contributed by atoms with Crippen LogP contribution in [0.1, 0.15) is 27.0 Å². The highest BCUT2D eigenvalue weighted by Crippen LogP contribution is 2.50. The van der Waals surface area contributed by atoms with Gasteiger partial charge in [0.15, 0.2) is 29.2 Å². The number of imidazole rings is 1. The van der Waals surface area contributed by atoms with Gasteiger partial charge in [-0.25, -0.2) is 22.7 Å². The molecule has 5 rings (SSSR count). The van der Waals surface area contributed by atoms with Crippen molar-refractivity contribution in [2.24, 2.45) is 0 Å². The molecule has 2 aromatic carbocycles. The number of alkyl halides is 3. The Balaban J connectivity index is 1.46. The molecule has 0 bridgehead atoms. The molecule has 45 heavy (non-hydrogen) atoms. The first kappa shape index (κ1) is 32.4. The highest BCUT2D eigenvalue weighted by atomic mass is 31.2. The number of carbonyl (C=O) groups is 1. The van der Waals surface area contributed by atoms with Crippen LogP contribution in [-0.4, -0.2) is 73.6 Å². The lowest BCUT2D eigenvalue weighted by Crippen LogP contribution is -2.52. The fraction of sp³-hybridized carbons (Fsp3) is 0.407. The molecule has 0 amide bonds. The summed E-state index contributed by atoms with van der Waals surface area (Å²) in [6, 6.07) is 10.4. The van der Waals surface area contributed by atoms with Gasteiger partial charge in [0.2, 0.25) is 5.95 Å². The van der Waals surface area contributed by atoms with Crippen molar-refractivity contribution in [2.75, 3.05) is 12.3 Å². The van der Waals surface area contributed by atoms with Crippen molar-refractivity contribution in [1.29, 1.82) is 0 Å². The van der Waals surface area contributed by atoms with E-state index in [1.54, 1.807) is 38.1 Å². The van der Waals surface area contributed by atoms with Crippen molar-refractivity contribution in [3.63, 3.8) is 0 Å². The minimum absolute atomic E-state index is 0.0204. The van der Waals surface area contributed by atoms with E-state index in [0.717, 1.165) is 16.3 Å². The summed E-state index contributed by atoms with van der Waals surface area (Å²) in [5, 5.41) is 14.6. The number of benzene rings is 2. The standard InChI is InChI=1S/C27H30F3N6O8P/c1-13(2)42-24(39)14(3)35-45(40,44-17-9-8-15-6-4-5-7-16(15)10-17)41-11-27(25(29)30)20(37)18(28)23(43-27)36-12-32-19-21(36)33-26(31)34-22(19)38/h4-10,12-14,18,20,23,25,37H,11H2,1-3H3,(H,35,40)(H3,31,33,34,38)/t14-,18-,20-,23+,27+,45?/m0/s1. The highest BCUT2D eigenvalue weighted by Gasteiger charge is 2.62. The van der Waals surface area contributed by atoms with Crippen molar-refractivity contribution in [2.45, 2.75) is 63.4 Å². The van der Waals surface area contributed by atoms with E-state index in [4.69, 9.17) is 24.3 Å². The van der Waals surface area contributed by atoms with Gasteiger partial charge in [0.1, 0.15) is 17.9 Å². The van der Waals surface area contributed by atoms with Crippen LogP contribution < -0.4 is 20.9 Å². The number of fused-ring (bicyclic) bond motifs is 2. The van der Waals surface area contributed by atoms with E-state index in [1.165, 1.54) is 19.1 Å². The minimum atomic E-state index is -4.78. The molecule has 1 fully saturated rings. The summed E-state index contributed by atoms with van der Waals surface area (Å²) < 4.78 is 81.4. The van der Waals surface area contributed by atoms with Gasteiger partial charge < -0.3 is 24.8 Å². The highest BCUT2D eigenvalue weighted by molar-refractivity contribution is 7.52. The van der Waals surface area contributed by atoms with Crippen molar-refractivity contribution in [3.8, 4) is 5.75 Å². The van der Waals surface area contributed by atoms with Crippen LogP contribution in [0.5, 0.6) is 5.75 Å². The third kappa shape index (κ3) is 6.39. The van der Waals surface area contributed by atoms with E-state index in [0.29, 0.717) is 5.39 Å². The van der Waals surface area contributed by atoms with Crippen molar-refractivity contribution < 1.29 is 46.2 Å². The van der Waals surface area contributed by atoms with Gasteiger partial charge >= 0.3 is 13.7 Å². The van der Waals surface area contributed by atoms with Crippen LogP contribution >= 0.6 is 7.75 Å². The topological polar surface area (TPSA) is 193 Å². The van der Waals surface area contributed by atoms with E-state index in [1.807, 2.05) is 6.07 Å². The van der Waals surface area contributed by atoms with Crippen molar-refractivity contribution in [3.05, 3.63) is 59.1 Å². The molecule has 6 atom stereocenters. The molecule has 0 spiro atoms. The van der Waals surface area contributed by atoms with Crippen LogP contribution in [-0.2, 0) is 23.4 Å². The van der Waals surface area contributed by atoms with Gasteiger partial charge in [-0.3, -0.25) is 23.7 Å². The minimum Gasteiger partial charge on any atom is -0.462 e. The molecule has 1 aliphatic rings. The number of aromatic nitrogens is 4. The molecule has 14 nitrogen and oxygen atoms in total. The molecule has 1 saturated heterocycles. The molecule has 5 N–H and O–H groups in total. The van der Waals surface area contributed by atoms with Gasteiger partial charge in [0, 0.05) is 0 Å². The maximum atomic E-state index is 15.5. The zero-order valence-corrected chi connectivity index (χ0v) is 25.0. The Morgan fingerprint density at radius 2 is 1.96 bits per heavy atom. The van der Waals surface area contributed by atoms with Crippen LogP contribution in [0.25, 0.3) is 21.9 Å². The lowest BCUT2D eigenvalue weighted by atomic mass is 9.97. The number of nitrogens with two attached hydrogens (primary N) is 1. The Labute approximate surface area is 253 Å². The fourth-order valence-electron chi connectivity index (χ4n) is 4.75. The SMILES string of the molecule is CC(C)OC(=O)[C@H](C)NP(=O)(OC[C@@]1(C(F)F)O[C@@H](n2cnc3c(=O)[nH]c(N)nc32)[C@@H](F)[C@@H]1O)Oc1ccc2ccccc2c1. The number of anilines is 1. The molecule has 4 aromatic rings. The van der Waals surface area contributed by atoms with E-state index in [-0.39, 0.29) is 22.9 Å². The van der Waals surface area contributed by atoms with Gasteiger partial charge in [0.05, 0.1) is 19.0 Å². The first-order valence-electron chi connectivity index (χ1n) is 13.6. The lowest BCUT2D eigenvalue weighted by molar-refractivity contribution is -0.191. The molecular formula is C27H30F3N6O8P. The van der Waals surface area contributed by atoms with E-state index in [2.05, 4.69) is 20.0 Å². The number of aliphatic hydroxyl groups is 1. The number of carbonyl (C=O) groups excluding carboxylic acids is 1. The largest absolute Gasteiger partial charge is 0.462 e. The predicted octanol–water partition coefficient (Wildman–Crippen LogP) is 3.22. The average Bonchev–Trinajstić information content (AvgIpc) is 3.50. The summed E-state index contributed by atoms with van der Waals surface area (Å²) in [5.74, 6) is -1.24. The molecule has 0 aliphatic carbocycles. The summed E-state index contributed by atoms with van der Waals surface area (Å²) in [4.78, 5) is 34.6. The van der Waals surface area contributed by atoms with Crippen LogP contribution in [0, 0.1) is 0 Å². The first-order chi connectivity index (χ1) is 21.2. The maximum absolute atomic E-state index is 15.5. The number of nitrogens with zero attached hydrogens (tertiary/aromatic N) is 3. The van der Waals surface area contributed by atoms with Gasteiger partial charge in [0.25, 0.3) is 12.0 Å². The molecule has 2 aromatic heterocycles. The molecule has 242 valence electrons. The summed E-state index contributed by atoms with van der Waals surface area (Å²) in [5.41, 5.74) is 1.09. The Bertz CT molecular complexity index is 1820. The fourth-order valence-corrected chi connectivity index (χ4v) is 6.27. The molecule has 1 unspecified atom stereocenters. The van der Waals surface area contributed by atoms with Gasteiger partial charge in [-0.2, -0.15) is 10.1 Å². The normalized spacial score (nSPS) is 23.9. The zero-order chi connectivity index (χ0) is 32.7. The number of rotatable bonds is 11. The Kier molecular flexibility index (Phi) is 8.92. The van der Waals surface area contributed by atoms with Crippen LogP contribution in [0.4, 0.5) is 19.1 Å². The predicted molar refractivity (Wildman–Crippen MR) is 154 cm³/mol. The Hall–Kier alpha value is -4.02. The lowest BCUT2D eigenvalue weighted by Gasteiger charge is -2.32. The van der Waals surface area contributed by atoms with Crippen molar-refractivity contribution in [1.82, 2.24) is 24.6 Å². The summed E-state index contributed by atoms with van der Waals surface area (Å²) >= 11 is 0. The average molecular weight is 655 g/mol. The second-order valence-electron chi connectivity index (χ2n) is 10.6. The van der Waals surface area contributed by atoms with Crippen LogP contribution in [0.2, 0.25) is 0 Å². The molecule has 0 saturated carbocycles.